The summed E-state index contributed by atoms with van der Waals surface area (Å²) < 4.78 is 34.7. The van der Waals surface area contributed by atoms with Gasteiger partial charge in [0.2, 0.25) is 5.88 Å². The maximum Gasteiger partial charge on any atom is 0.268 e. The van der Waals surface area contributed by atoms with Crippen molar-refractivity contribution in [1.82, 2.24) is 4.98 Å². The second kappa shape index (κ2) is 4.68. The molecular formula is C9H9F2NO3. The molecule has 15 heavy (non-hydrogen) atoms. The molecule has 0 bridgehead atoms. The van der Waals surface area contributed by atoms with Crippen molar-refractivity contribution in [3.05, 3.63) is 17.3 Å². The fourth-order valence-corrected chi connectivity index (χ4v) is 1.17. The van der Waals surface area contributed by atoms with Crippen LogP contribution >= 0.6 is 0 Å². The van der Waals surface area contributed by atoms with Gasteiger partial charge in [0, 0.05) is 0 Å². The summed E-state index contributed by atoms with van der Waals surface area (Å²) in [5.74, 6) is -0.269. The second-order valence-corrected chi connectivity index (χ2v) is 2.58. The normalized spacial score (nSPS) is 10.2. The van der Waals surface area contributed by atoms with Crippen molar-refractivity contribution < 1.29 is 23.0 Å². The number of hydrogen-bond donors (Lipinski definition) is 0. The Morgan fingerprint density at radius 3 is 2.47 bits per heavy atom. The molecule has 0 unspecified atom stereocenters. The van der Waals surface area contributed by atoms with E-state index in [-0.39, 0.29) is 23.5 Å². The maximum absolute atomic E-state index is 12.7. The number of carbonyl (C=O) groups is 1. The van der Waals surface area contributed by atoms with Gasteiger partial charge in [0.25, 0.3) is 6.43 Å². The summed E-state index contributed by atoms with van der Waals surface area (Å²) in [5.41, 5.74) is -0.786. The fraction of sp³-hybridized carbons (Fsp3) is 0.333. The molecule has 0 radical (unpaired) electrons. The smallest absolute Gasteiger partial charge is 0.268 e. The molecule has 0 aromatic carbocycles. The predicted molar refractivity (Wildman–Crippen MR) is 47.7 cm³/mol. The molecule has 1 aromatic rings. The van der Waals surface area contributed by atoms with Gasteiger partial charge in [-0.2, -0.15) is 0 Å². The van der Waals surface area contributed by atoms with Gasteiger partial charge in [-0.3, -0.25) is 4.79 Å². The Hall–Kier alpha value is -1.72. The van der Waals surface area contributed by atoms with Crippen LogP contribution in [-0.2, 0) is 0 Å². The van der Waals surface area contributed by atoms with Crippen molar-refractivity contribution in [1.29, 1.82) is 0 Å². The monoisotopic (exact) mass is 217 g/mol. The molecular weight excluding hydrogens is 208 g/mol. The lowest BCUT2D eigenvalue weighted by Crippen LogP contribution is -2.03. The standard InChI is InChI=1S/C9H9F2NO3/c1-14-6-3-12-9(15-2)5(4-13)7(6)8(10)11/h3-4,8H,1-2H3. The first-order valence-corrected chi connectivity index (χ1v) is 3.99. The van der Waals surface area contributed by atoms with Gasteiger partial charge in [-0.15, -0.1) is 0 Å². The van der Waals surface area contributed by atoms with Gasteiger partial charge < -0.3 is 9.47 Å². The molecule has 1 aromatic heterocycles. The van der Waals surface area contributed by atoms with Crippen LogP contribution in [-0.4, -0.2) is 25.5 Å². The van der Waals surface area contributed by atoms with Crippen LogP contribution < -0.4 is 9.47 Å². The van der Waals surface area contributed by atoms with E-state index in [2.05, 4.69) is 4.98 Å². The average molecular weight is 217 g/mol. The highest BCUT2D eigenvalue weighted by molar-refractivity contribution is 5.82. The zero-order valence-electron chi connectivity index (χ0n) is 8.16. The Morgan fingerprint density at radius 2 is 2.07 bits per heavy atom. The summed E-state index contributed by atoms with van der Waals surface area (Å²) in [4.78, 5) is 14.3. The number of aldehydes is 1. The number of halogens is 2. The van der Waals surface area contributed by atoms with Gasteiger partial charge in [0.05, 0.1) is 31.5 Å². The molecule has 0 aliphatic carbocycles. The number of carbonyl (C=O) groups excluding carboxylic acids is 1. The summed E-state index contributed by atoms with van der Waals surface area (Å²) in [6.45, 7) is 0. The molecule has 0 aliphatic heterocycles. The summed E-state index contributed by atoms with van der Waals surface area (Å²) >= 11 is 0. The van der Waals surface area contributed by atoms with Crippen LogP contribution in [0.15, 0.2) is 6.20 Å². The number of pyridine rings is 1. The average Bonchev–Trinajstić information content (AvgIpc) is 2.26. The lowest BCUT2D eigenvalue weighted by atomic mass is 10.1. The van der Waals surface area contributed by atoms with E-state index >= 15 is 0 Å². The van der Waals surface area contributed by atoms with E-state index in [1.807, 2.05) is 0 Å². The molecule has 0 fully saturated rings. The molecule has 6 heteroatoms. The largest absolute Gasteiger partial charge is 0.495 e. The van der Waals surface area contributed by atoms with Crippen LogP contribution in [0.3, 0.4) is 0 Å². The molecule has 0 amide bonds. The van der Waals surface area contributed by atoms with Crippen LogP contribution in [0.1, 0.15) is 22.3 Å². The molecule has 82 valence electrons. The van der Waals surface area contributed by atoms with E-state index < -0.39 is 12.0 Å². The van der Waals surface area contributed by atoms with E-state index in [0.29, 0.717) is 0 Å². The molecule has 0 saturated heterocycles. The van der Waals surface area contributed by atoms with E-state index in [1.165, 1.54) is 14.2 Å². The Labute approximate surface area is 84.8 Å². The molecule has 0 spiro atoms. The number of alkyl halides is 2. The third-order valence-electron chi connectivity index (χ3n) is 1.83. The highest BCUT2D eigenvalue weighted by Crippen LogP contribution is 2.34. The van der Waals surface area contributed by atoms with Crippen molar-refractivity contribution >= 4 is 6.29 Å². The number of hydrogen-bond acceptors (Lipinski definition) is 4. The van der Waals surface area contributed by atoms with E-state index in [9.17, 15) is 13.6 Å². The van der Waals surface area contributed by atoms with Crippen LogP contribution in [0.5, 0.6) is 11.6 Å². The first-order chi connectivity index (χ1) is 7.15. The molecule has 0 aliphatic rings. The van der Waals surface area contributed by atoms with Gasteiger partial charge in [-0.1, -0.05) is 0 Å². The molecule has 0 saturated carbocycles. The number of methoxy groups -OCH3 is 2. The zero-order chi connectivity index (χ0) is 11.4. The molecule has 1 rings (SSSR count). The molecule has 0 atom stereocenters. The van der Waals surface area contributed by atoms with Crippen LogP contribution in [0, 0.1) is 0 Å². The Morgan fingerprint density at radius 1 is 1.40 bits per heavy atom. The van der Waals surface area contributed by atoms with Gasteiger partial charge in [0.1, 0.15) is 5.75 Å². The zero-order valence-corrected chi connectivity index (χ0v) is 8.16. The van der Waals surface area contributed by atoms with Gasteiger partial charge in [-0.05, 0) is 0 Å². The van der Waals surface area contributed by atoms with Gasteiger partial charge in [0.15, 0.2) is 6.29 Å². The minimum atomic E-state index is -2.82. The van der Waals surface area contributed by atoms with Crippen molar-refractivity contribution in [2.24, 2.45) is 0 Å². The van der Waals surface area contributed by atoms with Crippen molar-refractivity contribution in [2.75, 3.05) is 14.2 Å². The third-order valence-corrected chi connectivity index (χ3v) is 1.83. The highest BCUT2D eigenvalue weighted by Gasteiger charge is 2.23. The first kappa shape index (κ1) is 11.4. The number of rotatable bonds is 4. The van der Waals surface area contributed by atoms with E-state index in [0.717, 1.165) is 6.20 Å². The van der Waals surface area contributed by atoms with Gasteiger partial charge >= 0.3 is 0 Å². The summed E-state index contributed by atoms with van der Waals surface area (Å²) in [5, 5.41) is 0. The summed E-state index contributed by atoms with van der Waals surface area (Å²) in [6, 6.07) is 0. The van der Waals surface area contributed by atoms with E-state index in [4.69, 9.17) is 9.47 Å². The quantitative estimate of drug-likeness (QED) is 0.722. The van der Waals surface area contributed by atoms with Crippen molar-refractivity contribution in [3.63, 3.8) is 0 Å². The predicted octanol–water partition coefficient (Wildman–Crippen LogP) is 1.85. The minimum absolute atomic E-state index is 0.132. The Kier molecular flexibility index (Phi) is 3.54. The van der Waals surface area contributed by atoms with Gasteiger partial charge in [-0.25, -0.2) is 13.8 Å². The SMILES string of the molecule is COc1cnc(OC)c(C=O)c1C(F)F. The highest BCUT2D eigenvalue weighted by atomic mass is 19.3. The van der Waals surface area contributed by atoms with Crippen LogP contribution in [0.4, 0.5) is 8.78 Å². The summed E-state index contributed by atoms with van der Waals surface area (Å²) in [7, 11) is 2.47. The topological polar surface area (TPSA) is 48.4 Å². The van der Waals surface area contributed by atoms with Crippen molar-refractivity contribution in [2.45, 2.75) is 6.43 Å². The molecule has 1 heterocycles. The third kappa shape index (κ3) is 2.03. The number of ether oxygens (including phenoxy) is 2. The van der Waals surface area contributed by atoms with E-state index in [1.54, 1.807) is 0 Å². The molecule has 4 nitrogen and oxygen atoms in total. The second-order valence-electron chi connectivity index (χ2n) is 2.58. The van der Waals surface area contributed by atoms with Crippen LogP contribution in [0.2, 0.25) is 0 Å². The minimum Gasteiger partial charge on any atom is -0.495 e. The fourth-order valence-electron chi connectivity index (χ4n) is 1.17. The first-order valence-electron chi connectivity index (χ1n) is 3.99. The van der Waals surface area contributed by atoms with Crippen molar-refractivity contribution in [3.8, 4) is 11.6 Å². The molecule has 0 N–H and O–H groups in total. The Balaban J connectivity index is 3.44. The summed E-state index contributed by atoms with van der Waals surface area (Å²) in [6.07, 6.45) is -1.46. The maximum atomic E-state index is 12.7. The lowest BCUT2D eigenvalue weighted by molar-refractivity contribution is 0.109. The number of nitrogens with zero attached hydrogens (tertiary/aromatic N) is 1. The van der Waals surface area contributed by atoms with Crippen LogP contribution in [0.25, 0.3) is 0 Å². The Bertz CT molecular complexity index is 369. The number of aromatic nitrogens is 1. The lowest BCUT2D eigenvalue weighted by Gasteiger charge is -2.11.